The summed E-state index contributed by atoms with van der Waals surface area (Å²) in [4.78, 5) is 0. The fourth-order valence-corrected chi connectivity index (χ4v) is 0. The molecule has 0 aliphatic carbocycles. The summed E-state index contributed by atoms with van der Waals surface area (Å²) in [6.45, 7) is -3.67. The summed E-state index contributed by atoms with van der Waals surface area (Å²) in [7, 11) is -5.17. The van der Waals surface area contributed by atoms with Crippen LogP contribution in [0, 0.1) is 41.3 Å². The number of halogens is 3. The second-order valence-corrected chi connectivity index (χ2v) is 1.47. The van der Waals surface area contributed by atoms with Crippen molar-refractivity contribution in [3.63, 3.8) is 0 Å². The van der Waals surface area contributed by atoms with Crippen LogP contribution in [-0.4, -0.2) is 24.2 Å². The van der Waals surface area contributed by atoms with E-state index in [9.17, 15) is 13.2 Å². The van der Waals surface area contributed by atoms with E-state index in [0.29, 0.717) is 0 Å². The number of hydrogen-bond donors (Lipinski definition) is 0. The smallest absolute Gasteiger partial charge is 0.759 e. The maximum atomic E-state index is 9.67. The molecular weight excluding hydrogens is 306 g/mol. The Morgan fingerprint density at radius 1 is 1.10 bits per heavy atom. The van der Waals surface area contributed by atoms with Gasteiger partial charge < -0.3 is 9.11 Å². The summed E-state index contributed by atoms with van der Waals surface area (Å²) in [6, 6.07) is 0. The summed E-state index contributed by atoms with van der Waals surface area (Å²) >= 11 is 0. The van der Waals surface area contributed by atoms with Crippen LogP contribution in [0.1, 0.15) is 0 Å². The molecule has 0 atom stereocenters. The van der Waals surface area contributed by atoms with Gasteiger partial charge in [0.2, 0.25) is 0 Å². The Balaban J connectivity index is -0.0000000910. The van der Waals surface area contributed by atoms with Gasteiger partial charge in [-0.15, -0.1) is 0 Å². The molecule has 9 heteroatoms. The van der Waals surface area contributed by atoms with E-state index in [1.807, 2.05) is 0 Å². The first kappa shape index (κ1) is 17.2. The molecule has 0 bridgehead atoms. The third-order valence-corrected chi connectivity index (χ3v) is 0. The summed E-state index contributed by atoms with van der Waals surface area (Å²) in [5.41, 5.74) is 0. The minimum atomic E-state index is -5.17. The standard InChI is InChI=1S/CHF3.H2O4S.Pr/c2-1(3)4;1-5(2,3)4;/h1H;(H2,1,2,3,4);/q;;+3/p-2. The molecule has 0 aromatic rings. The molecule has 0 radical (unpaired) electrons. The van der Waals surface area contributed by atoms with Gasteiger partial charge in [0.1, 0.15) is 0 Å². The van der Waals surface area contributed by atoms with E-state index in [2.05, 4.69) is 0 Å². The maximum Gasteiger partial charge on any atom is 3.00 e. The van der Waals surface area contributed by atoms with E-state index < -0.39 is 17.1 Å². The molecule has 0 aliphatic heterocycles. The molecule has 0 saturated heterocycles. The molecule has 0 aliphatic rings. The molecule has 0 N–H and O–H groups in total. The number of rotatable bonds is 0. The van der Waals surface area contributed by atoms with Gasteiger partial charge in [0.05, 0.1) is 0 Å². The molecule has 0 rings (SSSR count). The SMILES string of the molecule is FC(F)F.O=S(=O)([O-])[O-].[Pr+3]. The Morgan fingerprint density at radius 2 is 1.10 bits per heavy atom. The Hall–Kier alpha value is 1.02. The molecular formula is CHF3O4PrS+. The minimum Gasteiger partial charge on any atom is -0.759 e. The fourth-order valence-electron chi connectivity index (χ4n) is 0. The first-order valence-electron chi connectivity index (χ1n) is 1.32. The van der Waals surface area contributed by atoms with Crippen LogP contribution in [0.2, 0.25) is 0 Å². The normalized spacial score (nSPS) is 9.40. The first-order valence-corrected chi connectivity index (χ1v) is 2.65. The van der Waals surface area contributed by atoms with Crippen LogP contribution >= 0.6 is 0 Å². The van der Waals surface area contributed by atoms with Crippen LogP contribution < -0.4 is 0 Å². The third-order valence-electron chi connectivity index (χ3n) is 0. The van der Waals surface area contributed by atoms with Crippen molar-refractivity contribution in [3.8, 4) is 0 Å². The van der Waals surface area contributed by atoms with Gasteiger partial charge in [-0.1, -0.05) is 0 Å². The molecule has 0 amide bonds. The molecule has 10 heavy (non-hydrogen) atoms. The summed E-state index contributed by atoms with van der Waals surface area (Å²) < 4.78 is 63.1. The summed E-state index contributed by atoms with van der Waals surface area (Å²) in [5.74, 6) is 0. The van der Waals surface area contributed by atoms with Gasteiger partial charge in [-0.3, -0.25) is 8.42 Å². The molecule has 0 aromatic carbocycles. The van der Waals surface area contributed by atoms with Crippen LogP contribution in [0.5, 0.6) is 0 Å². The van der Waals surface area contributed by atoms with Crippen molar-refractivity contribution in [2.45, 2.75) is 6.68 Å². The van der Waals surface area contributed by atoms with E-state index in [4.69, 9.17) is 17.5 Å². The Bertz CT molecular complexity index is 132. The largest absolute Gasteiger partial charge is 3.00 e. The predicted molar refractivity (Wildman–Crippen MR) is 17.6 cm³/mol. The minimum absolute atomic E-state index is 0. The third kappa shape index (κ3) is 554. The van der Waals surface area contributed by atoms with Gasteiger partial charge in [0.25, 0.3) is 0 Å². The van der Waals surface area contributed by atoms with E-state index in [1.165, 1.54) is 0 Å². The second kappa shape index (κ2) is 8.12. The number of hydrogen-bond acceptors (Lipinski definition) is 4. The zero-order chi connectivity index (χ0) is 8.08. The zero-order valence-corrected chi connectivity index (χ0v) is 8.85. The molecule has 0 spiro atoms. The molecule has 0 fully saturated rings. The van der Waals surface area contributed by atoms with Crippen molar-refractivity contribution in [1.82, 2.24) is 0 Å². The first-order chi connectivity index (χ1) is 3.73. The topological polar surface area (TPSA) is 80.3 Å². The number of alkyl halides is 3. The average Bonchev–Trinajstić information content (AvgIpc) is 1.19. The van der Waals surface area contributed by atoms with E-state index in [1.54, 1.807) is 0 Å². The average molecular weight is 307 g/mol. The van der Waals surface area contributed by atoms with E-state index in [0.717, 1.165) is 0 Å². The van der Waals surface area contributed by atoms with Crippen LogP contribution in [-0.2, 0) is 10.4 Å². The molecule has 58 valence electrons. The molecule has 0 heterocycles. The molecule has 0 saturated carbocycles. The molecule has 4 nitrogen and oxygen atoms in total. The monoisotopic (exact) mass is 307 g/mol. The second-order valence-electron chi connectivity index (χ2n) is 0.656. The van der Waals surface area contributed by atoms with Gasteiger partial charge in [0.15, 0.2) is 0 Å². The fraction of sp³-hybridized carbons (Fsp3) is 1.00. The van der Waals surface area contributed by atoms with E-state index >= 15 is 0 Å². The Morgan fingerprint density at radius 3 is 1.10 bits per heavy atom. The van der Waals surface area contributed by atoms with Crippen molar-refractivity contribution in [2.24, 2.45) is 0 Å². The Kier molecular flexibility index (Phi) is 14.0. The van der Waals surface area contributed by atoms with Crippen LogP contribution in [0.3, 0.4) is 0 Å². The maximum absolute atomic E-state index is 9.67. The van der Waals surface area contributed by atoms with Gasteiger partial charge >= 0.3 is 48.0 Å². The summed E-state index contributed by atoms with van der Waals surface area (Å²) in [6.07, 6.45) is 0. The van der Waals surface area contributed by atoms with Gasteiger partial charge in [-0.2, -0.15) is 13.2 Å². The van der Waals surface area contributed by atoms with Crippen molar-refractivity contribution >= 4 is 10.4 Å². The van der Waals surface area contributed by atoms with E-state index in [-0.39, 0.29) is 41.3 Å². The van der Waals surface area contributed by atoms with Gasteiger partial charge in [0, 0.05) is 10.4 Å². The zero-order valence-electron chi connectivity index (χ0n) is 4.33. The molecule has 0 aromatic heterocycles. The van der Waals surface area contributed by atoms with Crippen molar-refractivity contribution < 1.29 is 72.0 Å². The predicted octanol–water partition coefficient (Wildman–Crippen LogP) is -0.159. The van der Waals surface area contributed by atoms with Crippen molar-refractivity contribution in [2.75, 3.05) is 0 Å². The van der Waals surface area contributed by atoms with Crippen LogP contribution in [0.25, 0.3) is 0 Å². The quantitative estimate of drug-likeness (QED) is 0.460. The van der Waals surface area contributed by atoms with Crippen molar-refractivity contribution in [3.05, 3.63) is 0 Å². The van der Waals surface area contributed by atoms with Gasteiger partial charge in [-0.25, -0.2) is 0 Å². The molecule has 0 unspecified atom stereocenters. The summed E-state index contributed by atoms with van der Waals surface area (Å²) in [5, 5.41) is 0. The Labute approximate surface area is 88.3 Å². The van der Waals surface area contributed by atoms with Crippen molar-refractivity contribution in [1.29, 1.82) is 0 Å². The van der Waals surface area contributed by atoms with Crippen LogP contribution in [0.4, 0.5) is 13.2 Å². The van der Waals surface area contributed by atoms with Gasteiger partial charge in [-0.05, 0) is 0 Å². The van der Waals surface area contributed by atoms with Crippen LogP contribution in [0.15, 0.2) is 0 Å².